The number of para-hydroxylation sites is 1. The van der Waals surface area contributed by atoms with Crippen LogP contribution in [0.4, 0.5) is 0 Å². The van der Waals surface area contributed by atoms with Crippen LogP contribution in [0.2, 0.25) is 19.6 Å². The van der Waals surface area contributed by atoms with Gasteiger partial charge in [-0.3, -0.25) is 0 Å². The van der Waals surface area contributed by atoms with E-state index in [1.807, 2.05) is 12.3 Å². The summed E-state index contributed by atoms with van der Waals surface area (Å²) in [6, 6.07) is 18.5. The Labute approximate surface area is 194 Å². The molecule has 0 aliphatic carbocycles. The van der Waals surface area contributed by atoms with Crippen molar-refractivity contribution in [3.63, 3.8) is 0 Å². The van der Waals surface area contributed by atoms with Gasteiger partial charge >= 0.3 is 0 Å². The van der Waals surface area contributed by atoms with Crippen molar-refractivity contribution >= 4 is 35.2 Å². The molecule has 2 heterocycles. The molecule has 0 atom stereocenters. The van der Waals surface area contributed by atoms with Crippen molar-refractivity contribution in [1.82, 2.24) is 4.98 Å². The zero-order valence-corrected chi connectivity index (χ0v) is 22.1. The summed E-state index contributed by atoms with van der Waals surface area (Å²) >= 11 is 0. The first kappa shape index (κ1) is 22.9. The molecule has 0 fully saturated rings. The second-order valence-corrected chi connectivity index (χ2v) is 14.4. The number of rotatable bonds is 5. The van der Waals surface area contributed by atoms with E-state index in [4.69, 9.17) is 9.40 Å². The molecule has 0 N–H and O–H groups in total. The van der Waals surface area contributed by atoms with Crippen molar-refractivity contribution in [3.8, 4) is 11.3 Å². The Bertz CT molecular complexity index is 1180. The minimum atomic E-state index is -1.57. The van der Waals surface area contributed by atoms with Crippen LogP contribution < -0.4 is 5.19 Å². The summed E-state index contributed by atoms with van der Waals surface area (Å²) < 4.78 is 6.40. The van der Waals surface area contributed by atoms with Gasteiger partial charge in [0, 0.05) is 39.8 Å². The Hall–Kier alpha value is -1.74. The van der Waals surface area contributed by atoms with Gasteiger partial charge in [0.2, 0.25) is 0 Å². The summed E-state index contributed by atoms with van der Waals surface area (Å²) in [4.78, 5) is 4.72. The average Bonchev–Trinajstić information content (AvgIpc) is 3.11. The van der Waals surface area contributed by atoms with Crippen LogP contribution in [0.3, 0.4) is 0 Å². The summed E-state index contributed by atoms with van der Waals surface area (Å²) in [5.74, 6) is 0. The number of hydrogen-bond acceptors (Lipinski definition) is 2. The average molecular weight is 593 g/mol. The van der Waals surface area contributed by atoms with Crippen LogP contribution in [-0.2, 0) is 25.5 Å². The Kier molecular flexibility index (Phi) is 6.43. The number of nitrogens with zero attached hydrogens (tertiary/aromatic N) is 1. The van der Waals surface area contributed by atoms with Gasteiger partial charge in [-0.1, -0.05) is 75.6 Å². The van der Waals surface area contributed by atoms with Crippen molar-refractivity contribution in [1.29, 1.82) is 0 Å². The predicted octanol–water partition coefficient (Wildman–Crippen LogP) is 7.07. The van der Waals surface area contributed by atoms with Gasteiger partial charge in [0.25, 0.3) is 0 Å². The fourth-order valence-electron chi connectivity index (χ4n) is 4.15. The number of hydrogen-bond donors (Lipinski definition) is 0. The smallest absolute Gasteiger partial charge is 0.120 e. The summed E-state index contributed by atoms with van der Waals surface area (Å²) in [5.41, 5.74) is 5.26. The van der Waals surface area contributed by atoms with Crippen molar-refractivity contribution in [2.45, 2.75) is 58.7 Å². The van der Waals surface area contributed by atoms with Gasteiger partial charge in [0.05, 0.1) is 5.58 Å². The van der Waals surface area contributed by atoms with Gasteiger partial charge < -0.3 is 9.40 Å². The molecular weight excluding hydrogens is 563 g/mol. The molecule has 4 heteroatoms. The Balaban J connectivity index is 0.00000256. The monoisotopic (exact) mass is 593 g/mol. The molecule has 4 aromatic rings. The summed E-state index contributed by atoms with van der Waals surface area (Å²) in [6.07, 6.45) is 4.14. The first-order chi connectivity index (χ1) is 13.8. The zero-order chi connectivity index (χ0) is 20.8. The van der Waals surface area contributed by atoms with E-state index >= 15 is 0 Å². The maximum absolute atomic E-state index is 6.40. The quantitative estimate of drug-likeness (QED) is 0.183. The molecule has 2 aromatic heterocycles. The number of pyridine rings is 1. The molecule has 0 saturated carbocycles. The third kappa shape index (κ3) is 3.82. The van der Waals surface area contributed by atoms with Crippen molar-refractivity contribution < 1.29 is 24.5 Å². The number of aromatic nitrogens is 1. The zero-order valence-electron chi connectivity index (χ0n) is 18.7. The summed E-state index contributed by atoms with van der Waals surface area (Å²) in [7, 11) is -1.57. The van der Waals surface area contributed by atoms with E-state index in [-0.39, 0.29) is 25.5 Å². The van der Waals surface area contributed by atoms with E-state index in [9.17, 15) is 0 Å². The van der Waals surface area contributed by atoms with Gasteiger partial charge in [-0.25, -0.2) is 0 Å². The molecule has 0 saturated heterocycles. The van der Waals surface area contributed by atoms with Gasteiger partial charge in [-0.15, -0.1) is 17.3 Å². The molecule has 2 nitrogen and oxygen atoms in total. The van der Waals surface area contributed by atoms with E-state index in [0.717, 1.165) is 35.3 Å². The van der Waals surface area contributed by atoms with E-state index in [0.29, 0.717) is 0 Å². The molecule has 0 bridgehead atoms. The number of fused-ring (bicyclic) bond motifs is 3. The van der Waals surface area contributed by atoms with E-state index < -0.39 is 8.07 Å². The molecule has 0 aliphatic heterocycles. The number of furan rings is 1. The fourth-order valence-corrected chi connectivity index (χ4v) is 5.66. The third-order valence-corrected chi connectivity index (χ3v) is 8.54. The van der Waals surface area contributed by atoms with Gasteiger partial charge in [-0.2, -0.15) is 0 Å². The van der Waals surface area contributed by atoms with Crippen LogP contribution in [-0.4, -0.2) is 13.1 Å². The maximum atomic E-state index is 6.40. The van der Waals surface area contributed by atoms with Crippen molar-refractivity contribution in [2.75, 3.05) is 0 Å². The molecule has 0 spiro atoms. The first-order valence-corrected chi connectivity index (χ1v) is 14.1. The summed E-state index contributed by atoms with van der Waals surface area (Å²) in [6.45, 7) is 14.0. The standard InChI is InChI=1S/C26H30NOSi.Ir/c1-7-26(3,8-2)18-15-16-27-21(17-18)19-13-14-23(29(4,5)6)24-20-11-9-10-12-22(20)28-25(19)24;/h9-12,14-17H,7-8H2,1-6H3;/q-1;. The molecular formula is C26H30IrNOSi-. The molecule has 0 unspecified atom stereocenters. The van der Waals surface area contributed by atoms with Crippen LogP contribution in [0, 0.1) is 6.07 Å². The van der Waals surface area contributed by atoms with Gasteiger partial charge in [0.15, 0.2) is 0 Å². The Morgan fingerprint density at radius 2 is 1.77 bits per heavy atom. The normalized spacial score (nSPS) is 12.3. The molecule has 4 rings (SSSR count). The Morgan fingerprint density at radius 1 is 1.07 bits per heavy atom. The number of benzene rings is 2. The second-order valence-electron chi connectivity index (χ2n) is 9.33. The molecule has 2 aromatic carbocycles. The van der Waals surface area contributed by atoms with E-state index in [2.05, 4.69) is 82.9 Å². The molecule has 1 radical (unpaired) electrons. The second kappa shape index (κ2) is 8.41. The van der Waals surface area contributed by atoms with Crippen LogP contribution in [0.5, 0.6) is 0 Å². The van der Waals surface area contributed by atoms with Crippen molar-refractivity contribution in [2.24, 2.45) is 0 Å². The van der Waals surface area contributed by atoms with Gasteiger partial charge in [-0.05, 0) is 41.6 Å². The van der Waals surface area contributed by atoms with E-state index in [1.54, 1.807) is 0 Å². The molecule has 0 amide bonds. The van der Waals surface area contributed by atoms with E-state index in [1.165, 1.54) is 21.5 Å². The minimum Gasteiger partial charge on any atom is -0.501 e. The minimum absolute atomic E-state index is 0. The molecule has 0 aliphatic rings. The SMILES string of the molecule is CCC(C)(CC)c1ccnc(-c2[c-]cc([Si](C)(C)C)c3c2oc2ccccc23)c1.[Ir]. The van der Waals surface area contributed by atoms with Crippen molar-refractivity contribution in [3.05, 3.63) is 60.3 Å². The van der Waals surface area contributed by atoms with Gasteiger partial charge in [0.1, 0.15) is 5.58 Å². The largest absolute Gasteiger partial charge is 0.501 e. The van der Waals surface area contributed by atoms with Crippen LogP contribution in [0.25, 0.3) is 33.2 Å². The Morgan fingerprint density at radius 3 is 2.43 bits per heavy atom. The molecule has 30 heavy (non-hydrogen) atoms. The van der Waals surface area contributed by atoms with Crippen LogP contribution in [0.1, 0.15) is 39.2 Å². The van der Waals surface area contributed by atoms with Crippen LogP contribution >= 0.6 is 0 Å². The molecule has 159 valence electrons. The summed E-state index contributed by atoms with van der Waals surface area (Å²) in [5, 5.41) is 3.83. The third-order valence-electron chi connectivity index (χ3n) is 6.53. The fraction of sp³-hybridized carbons (Fsp3) is 0.346. The van der Waals surface area contributed by atoms with Crippen LogP contribution in [0.15, 0.2) is 53.1 Å². The first-order valence-electron chi connectivity index (χ1n) is 10.6. The maximum Gasteiger partial charge on any atom is 0.120 e. The topological polar surface area (TPSA) is 26.0 Å². The predicted molar refractivity (Wildman–Crippen MR) is 127 cm³/mol.